The molecular formula is C12H25NO3S. The molecule has 0 aromatic carbocycles. The lowest BCUT2D eigenvalue weighted by atomic mass is 10.1. The lowest BCUT2D eigenvalue weighted by molar-refractivity contribution is -0.121. The Morgan fingerprint density at radius 1 is 1.06 bits per heavy atom. The molecule has 0 heterocycles. The van der Waals surface area contributed by atoms with E-state index in [0.29, 0.717) is 19.4 Å². The smallest absolute Gasteiger partial charge is 0.219 e. The molecule has 0 aliphatic carbocycles. The van der Waals surface area contributed by atoms with Crippen molar-refractivity contribution in [2.75, 3.05) is 18.6 Å². The number of rotatable bonds is 10. The SMILES string of the molecule is CCCCCCCC(=O)NCCCS(C)(=O)=O. The minimum absolute atomic E-state index is 0.0370. The van der Waals surface area contributed by atoms with E-state index >= 15 is 0 Å². The standard InChI is InChI=1S/C12H25NO3S/c1-3-4-5-6-7-9-12(14)13-10-8-11-17(2,15)16/h3-11H2,1-2H3,(H,13,14). The Bertz CT molecular complexity index is 299. The van der Waals surface area contributed by atoms with E-state index in [9.17, 15) is 13.2 Å². The van der Waals surface area contributed by atoms with Gasteiger partial charge in [-0.25, -0.2) is 8.42 Å². The third kappa shape index (κ3) is 13.4. The molecule has 0 aliphatic rings. The number of hydrogen-bond acceptors (Lipinski definition) is 3. The lowest BCUT2D eigenvalue weighted by Gasteiger charge is -2.04. The van der Waals surface area contributed by atoms with Crippen LogP contribution in [-0.2, 0) is 14.6 Å². The molecule has 4 nitrogen and oxygen atoms in total. The first kappa shape index (κ1) is 16.4. The molecular weight excluding hydrogens is 238 g/mol. The van der Waals surface area contributed by atoms with Crippen LogP contribution in [0.5, 0.6) is 0 Å². The van der Waals surface area contributed by atoms with Gasteiger partial charge in [0.25, 0.3) is 0 Å². The van der Waals surface area contributed by atoms with E-state index in [4.69, 9.17) is 0 Å². The van der Waals surface area contributed by atoms with Crippen LogP contribution in [0.1, 0.15) is 51.9 Å². The van der Waals surface area contributed by atoms with Gasteiger partial charge < -0.3 is 5.32 Å². The average Bonchev–Trinajstić information content (AvgIpc) is 2.23. The Balaban J connectivity index is 3.35. The Labute approximate surface area is 105 Å². The molecule has 0 spiro atoms. The van der Waals surface area contributed by atoms with Crippen LogP contribution >= 0.6 is 0 Å². The molecule has 0 fully saturated rings. The summed E-state index contributed by atoms with van der Waals surface area (Å²) in [5, 5.41) is 2.74. The highest BCUT2D eigenvalue weighted by Gasteiger charge is 2.03. The first-order valence-electron chi connectivity index (χ1n) is 6.40. The van der Waals surface area contributed by atoms with Crippen LogP contribution in [0, 0.1) is 0 Å². The van der Waals surface area contributed by atoms with Crippen LogP contribution in [0.15, 0.2) is 0 Å². The van der Waals surface area contributed by atoms with E-state index in [1.807, 2.05) is 0 Å². The summed E-state index contributed by atoms with van der Waals surface area (Å²) >= 11 is 0. The average molecular weight is 263 g/mol. The van der Waals surface area contributed by atoms with Gasteiger partial charge in [0.2, 0.25) is 5.91 Å². The van der Waals surface area contributed by atoms with Crippen molar-refractivity contribution in [2.24, 2.45) is 0 Å². The molecule has 1 amide bonds. The Morgan fingerprint density at radius 2 is 1.71 bits per heavy atom. The normalized spacial score (nSPS) is 11.4. The van der Waals surface area contributed by atoms with Crippen LogP contribution in [0.2, 0.25) is 0 Å². The number of carbonyl (C=O) groups is 1. The highest BCUT2D eigenvalue weighted by molar-refractivity contribution is 7.90. The Morgan fingerprint density at radius 3 is 2.29 bits per heavy atom. The minimum atomic E-state index is -2.90. The maximum atomic E-state index is 11.3. The van der Waals surface area contributed by atoms with E-state index in [0.717, 1.165) is 12.8 Å². The molecule has 1 N–H and O–H groups in total. The molecule has 0 radical (unpaired) electrons. The molecule has 5 heteroatoms. The molecule has 0 aliphatic heterocycles. The van der Waals surface area contributed by atoms with Crippen LogP contribution in [0.4, 0.5) is 0 Å². The van der Waals surface area contributed by atoms with Crippen molar-refractivity contribution in [3.8, 4) is 0 Å². The minimum Gasteiger partial charge on any atom is -0.356 e. The van der Waals surface area contributed by atoms with E-state index in [1.54, 1.807) is 0 Å². The number of unbranched alkanes of at least 4 members (excludes halogenated alkanes) is 4. The van der Waals surface area contributed by atoms with Gasteiger partial charge in [0.1, 0.15) is 9.84 Å². The molecule has 0 saturated carbocycles. The number of sulfone groups is 1. The first-order chi connectivity index (χ1) is 7.95. The third-order valence-corrected chi connectivity index (χ3v) is 3.55. The second-order valence-corrected chi connectivity index (χ2v) is 6.76. The summed E-state index contributed by atoms with van der Waals surface area (Å²) in [7, 11) is -2.90. The maximum Gasteiger partial charge on any atom is 0.219 e. The molecule has 0 bridgehead atoms. The summed E-state index contributed by atoms with van der Waals surface area (Å²) < 4.78 is 21.7. The van der Waals surface area contributed by atoms with E-state index in [2.05, 4.69) is 12.2 Å². The van der Waals surface area contributed by atoms with Gasteiger partial charge in [-0.2, -0.15) is 0 Å². The number of amides is 1. The molecule has 0 atom stereocenters. The summed E-state index contributed by atoms with van der Waals surface area (Å²) in [6.07, 6.45) is 7.93. The topological polar surface area (TPSA) is 63.2 Å². The van der Waals surface area contributed by atoms with Gasteiger partial charge in [0.15, 0.2) is 0 Å². The second kappa shape index (κ2) is 9.45. The van der Waals surface area contributed by atoms with Crippen molar-refractivity contribution in [1.82, 2.24) is 5.32 Å². The van der Waals surface area contributed by atoms with Gasteiger partial charge in [0.05, 0.1) is 5.75 Å². The van der Waals surface area contributed by atoms with Crippen molar-refractivity contribution in [3.63, 3.8) is 0 Å². The van der Waals surface area contributed by atoms with Crippen molar-refractivity contribution in [3.05, 3.63) is 0 Å². The van der Waals surface area contributed by atoms with Gasteiger partial charge in [-0.1, -0.05) is 32.6 Å². The molecule has 0 aromatic rings. The van der Waals surface area contributed by atoms with Gasteiger partial charge in [0, 0.05) is 19.2 Å². The summed E-state index contributed by atoms with van der Waals surface area (Å²) in [5.74, 6) is 0.180. The Hall–Kier alpha value is -0.580. The van der Waals surface area contributed by atoms with Crippen molar-refractivity contribution in [1.29, 1.82) is 0 Å². The van der Waals surface area contributed by atoms with E-state index in [1.165, 1.54) is 25.5 Å². The summed E-state index contributed by atoms with van der Waals surface area (Å²) in [6, 6.07) is 0. The van der Waals surface area contributed by atoms with Gasteiger partial charge in [-0.15, -0.1) is 0 Å². The molecule has 0 rings (SSSR count). The maximum absolute atomic E-state index is 11.3. The monoisotopic (exact) mass is 263 g/mol. The number of nitrogens with one attached hydrogen (secondary N) is 1. The Kier molecular flexibility index (Phi) is 9.13. The molecule has 17 heavy (non-hydrogen) atoms. The van der Waals surface area contributed by atoms with Gasteiger partial charge in [-0.3, -0.25) is 4.79 Å². The fourth-order valence-electron chi connectivity index (χ4n) is 1.54. The second-order valence-electron chi connectivity index (χ2n) is 4.50. The lowest BCUT2D eigenvalue weighted by Crippen LogP contribution is -2.25. The predicted octanol–water partition coefficient (Wildman–Crippen LogP) is 1.90. The summed E-state index contributed by atoms with van der Waals surface area (Å²) in [4.78, 5) is 11.3. The van der Waals surface area contributed by atoms with Crippen LogP contribution in [0.25, 0.3) is 0 Å². The highest BCUT2D eigenvalue weighted by atomic mass is 32.2. The first-order valence-corrected chi connectivity index (χ1v) is 8.46. The fourth-order valence-corrected chi connectivity index (χ4v) is 2.21. The largest absolute Gasteiger partial charge is 0.356 e. The van der Waals surface area contributed by atoms with Crippen molar-refractivity contribution in [2.45, 2.75) is 51.9 Å². The zero-order valence-electron chi connectivity index (χ0n) is 11.0. The molecule has 102 valence electrons. The van der Waals surface area contributed by atoms with E-state index < -0.39 is 9.84 Å². The fraction of sp³-hybridized carbons (Fsp3) is 0.917. The van der Waals surface area contributed by atoms with E-state index in [-0.39, 0.29) is 11.7 Å². The highest BCUT2D eigenvalue weighted by Crippen LogP contribution is 2.04. The zero-order valence-corrected chi connectivity index (χ0v) is 11.8. The predicted molar refractivity (Wildman–Crippen MR) is 70.7 cm³/mol. The van der Waals surface area contributed by atoms with Gasteiger partial charge >= 0.3 is 0 Å². The molecule has 0 saturated heterocycles. The van der Waals surface area contributed by atoms with Crippen LogP contribution < -0.4 is 5.32 Å². The third-order valence-electron chi connectivity index (χ3n) is 2.52. The van der Waals surface area contributed by atoms with Gasteiger partial charge in [-0.05, 0) is 12.8 Å². The summed E-state index contributed by atoms with van der Waals surface area (Å²) in [5.41, 5.74) is 0. The van der Waals surface area contributed by atoms with Crippen LogP contribution in [-0.4, -0.2) is 32.9 Å². The zero-order chi connectivity index (χ0) is 13.1. The van der Waals surface area contributed by atoms with Crippen molar-refractivity contribution >= 4 is 15.7 Å². The quantitative estimate of drug-likeness (QED) is 0.612. The number of hydrogen-bond donors (Lipinski definition) is 1. The molecule has 0 aromatic heterocycles. The van der Waals surface area contributed by atoms with Crippen molar-refractivity contribution < 1.29 is 13.2 Å². The van der Waals surface area contributed by atoms with Crippen LogP contribution in [0.3, 0.4) is 0 Å². The molecule has 0 unspecified atom stereocenters. The number of carbonyl (C=O) groups excluding carboxylic acids is 1. The summed E-state index contributed by atoms with van der Waals surface area (Å²) in [6.45, 7) is 2.62.